The fraction of sp³-hybridized carbons (Fsp3) is 0.500. The molecule has 0 radical (unpaired) electrons. The minimum atomic E-state index is -0.310. The number of carbonyl (C=O) groups excluding carboxylic acids is 1. The van der Waals surface area contributed by atoms with Crippen LogP contribution in [0.5, 0.6) is 5.75 Å². The van der Waals surface area contributed by atoms with Crippen LogP contribution in [0.15, 0.2) is 12.3 Å². The molecule has 0 aliphatic carbocycles. The smallest absolute Gasteiger partial charge is 0.303 e. The molecule has 0 aromatic carbocycles. The fourth-order valence-electron chi connectivity index (χ4n) is 1.82. The Morgan fingerprint density at radius 1 is 1.69 bits per heavy atom. The van der Waals surface area contributed by atoms with E-state index in [0.29, 0.717) is 12.5 Å². The third-order valence-corrected chi connectivity index (χ3v) is 2.70. The Labute approximate surface area is 94.6 Å². The summed E-state index contributed by atoms with van der Waals surface area (Å²) < 4.78 is 10.5. The van der Waals surface area contributed by atoms with Gasteiger partial charge in [-0.05, 0) is 13.0 Å². The van der Waals surface area contributed by atoms with Gasteiger partial charge in [-0.25, -0.2) is 0 Å². The van der Waals surface area contributed by atoms with Crippen LogP contribution >= 0.6 is 0 Å². The van der Waals surface area contributed by atoms with Crippen LogP contribution < -0.4 is 4.74 Å². The van der Waals surface area contributed by atoms with Gasteiger partial charge in [0.2, 0.25) is 0 Å². The van der Waals surface area contributed by atoms with Crippen LogP contribution in [0.4, 0.5) is 0 Å². The molecule has 2 heterocycles. The number of hydrogen-bond donors (Lipinski definition) is 0. The van der Waals surface area contributed by atoms with Crippen molar-refractivity contribution in [2.24, 2.45) is 0 Å². The monoisotopic (exact) mass is 221 g/mol. The zero-order chi connectivity index (χ0) is 11.7. The molecule has 4 heteroatoms. The van der Waals surface area contributed by atoms with Crippen molar-refractivity contribution in [1.29, 1.82) is 0 Å². The number of fused-ring (bicyclic) bond motifs is 1. The molecule has 0 saturated heterocycles. The van der Waals surface area contributed by atoms with Crippen molar-refractivity contribution in [3.05, 3.63) is 23.5 Å². The predicted molar refractivity (Wildman–Crippen MR) is 58.3 cm³/mol. The SMILES string of the molecule is CC(=O)OC(C)c1cc2c(cn1)OC[C@H]2C. The predicted octanol–water partition coefficient (Wildman–Crippen LogP) is 2.20. The maximum Gasteiger partial charge on any atom is 0.303 e. The first-order valence-corrected chi connectivity index (χ1v) is 5.37. The average Bonchev–Trinajstić information content (AvgIpc) is 2.59. The first kappa shape index (κ1) is 10.9. The van der Waals surface area contributed by atoms with Gasteiger partial charge in [0.1, 0.15) is 11.9 Å². The van der Waals surface area contributed by atoms with Crippen LogP contribution in [0.25, 0.3) is 0 Å². The molecule has 0 bridgehead atoms. The van der Waals surface area contributed by atoms with E-state index in [1.807, 2.05) is 13.0 Å². The number of esters is 1. The standard InChI is InChI=1S/C12H15NO3/c1-7-6-15-12-5-13-11(4-10(7)12)8(2)16-9(3)14/h4-5,7-8H,6H2,1-3H3/t7-,8?/m1/s1. The number of ether oxygens (including phenoxy) is 2. The summed E-state index contributed by atoms with van der Waals surface area (Å²) in [6, 6.07) is 1.96. The molecule has 1 aromatic rings. The molecule has 2 atom stereocenters. The van der Waals surface area contributed by atoms with Gasteiger partial charge < -0.3 is 9.47 Å². The highest BCUT2D eigenvalue weighted by atomic mass is 16.5. The number of nitrogens with zero attached hydrogens (tertiary/aromatic N) is 1. The molecule has 0 fully saturated rings. The quantitative estimate of drug-likeness (QED) is 0.718. The van der Waals surface area contributed by atoms with Gasteiger partial charge in [-0.15, -0.1) is 0 Å². The fourth-order valence-corrected chi connectivity index (χ4v) is 1.82. The zero-order valence-corrected chi connectivity index (χ0v) is 9.69. The molecular weight excluding hydrogens is 206 g/mol. The summed E-state index contributed by atoms with van der Waals surface area (Å²) in [5, 5.41) is 0. The van der Waals surface area contributed by atoms with Crippen LogP contribution in [0.2, 0.25) is 0 Å². The molecule has 86 valence electrons. The van der Waals surface area contributed by atoms with Gasteiger partial charge in [-0.3, -0.25) is 9.78 Å². The second-order valence-electron chi connectivity index (χ2n) is 4.11. The first-order chi connectivity index (χ1) is 7.58. The summed E-state index contributed by atoms with van der Waals surface area (Å²) in [5.41, 5.74) is 1.91. The number of aromatic nitrogens is 1. The zero-order valence-electron chi connectivity index (χ0n) is 9.69. The summed E-state index contributed by atoms with van der Waals surface area (Å²) in [5.74, 6) is 0.923. The van der Waals surface area contributed by atoms with E-state index in [1.165, 1.54) is 6.92 Å². The van der Waals surface area contributed by atoms with Gasteiger partial charge in [0.05, 0.1) is 18.5 Å². The molecule has 0 amide bonds. The molecule has 16 heavy (non-hydrogen) atoms. The lowest BCUT2D eigenvalue weighted by Gasteiger charge is -2.12. The summed E-state index contributed by atoms with van der Waals surface area (Å²) in [7, 11) is 0. The van der Waals surface area contributed by atoms with E-state index in [9.17, 15) is 4.79 Å². The second kappa shape index (κ2) is 4.12. The average molecular weight is 221 g/mol. The van der Waals surface area contributed by atoms with Crippen LogP contribution in [0.3, 0.4) is 0 Å². The molecule has 4 nitrogen and oxygen atoms in total. The maximum atomic E-state index is 10.9. The molecule has 0 saturated carbocycles. The van der Waals surface area contributed by atoms with Crippen LogP contribution in [-0.4, -0.2) is 17.6 Å². The van der Waals surface area contributed by atoms with Crippen molar-refractivity contribution in [3.63, 3.8) is 0 Å². The van der Waals surface area contributed by atoms with Crippen LogP contribution in [0, 0.1) is 0 Å². The molecular formula is C12H15NO3. The Balaban J connectivity index is 2.24. The van der Waals surface area contributed by atoms with E-state index < -0.39 is 0 Å². The van der Waals surface area contributed by atoms with Crippen LogP contribution in [-0.2, 0) is 9.53 Å². The number of carbonyl (C=O) groups is 1. The van der Waals surface area contributed by atoms with E-state index in [0.717, 1.165) is 17.0 Å². The van der Waals surface area contributed by atoms with Gasteiger partial charge in [-0.2, -0.15) is 0 Å². The van der Waals surface area contributed by atoms with E-state index in [2.05, 4.69) is 11.9 Å². The van der Waals surface area contributed by atoms with Crippen molar-refractivity contribution in [3.8, 4) is 5.75 Å². The van der Waals surface area contributed by atoms with Crippen molar-refractivity contribution in [2.75, 3.05) is 6.61 Å². The van der Waals surface area contributed by atoms with E-state index in [-0.39, 0.29) is 12.1 Å². The number of rotatable bonds is 2. The molecule has 1 aliphatic heterocycles. The summed E-state index contributed by atoms with van der Waals surface area (Å²) in [4.78, 5) is 15.1. The van der Waals surface area contributed by atoms with Gasteiger partial charge >= 0.3 is 5.97 Å². The minimum absolute atomic E-state index is 0.293. The van der Waals surface area contributed by atoms with Crippen molar-refractivity contribution in [2.45, 2.75) is 32.8 Å². The Bertz CT molecular complexity index is 417. The Morgan fingerprint density at radius 2 is 2.44 bits per heavy atom. The molecule has 0 N–H and O–H groups in total. The largest absolute Gasteiger partial charge is 0.491 e. The lowest BCUT2D eigenvalue weighted by atomic mass is 10.0. The summed E-state index contributed by atoms with van der Waals surface area (Å²) >= 11 is 0. The lowest BCUT2D eigenvalue weighted by molar-refractivity contribution is -0.145. The summed E-state index contributed by atoms with van der Waals surface area (Å²) in [6.07, 6.45) is 1.39. The molecule has 0 spiro atoms. The third-order valence-electron chi connectivity index (χ3n) is 2.70. The lowest BCUT2D eigenvalue weighted by Crippen LogP contribution is -2.07. The highest BCUT2D eigenvalue weighted by Crippen LogP contribution is 2.34. The van der Waals surface area contributed by atoms with Crippen molar-refractivity contribution < 1.29 is 14.3 Å². The second-order valence-corrected chi connectivity index (χ2v) is 4.11. The Morgan fingerprint density at radius 3 is 3.12 bits per heavy atom. The van der Waals surface area contributed by atoms with Gasteiger partial charge in [0.15, 0.2) is 0 Å². The van der Waals surface area contributed by atoms with Gasteiger partial charge in [0, 0.05) is 18.4 Å². The minimum Gasteiger partial charge on any atom is -0.491 e. The Kier molecular flexibility index (Phi) is 2.81. The molecule has 2 rings (SSSR count). The highest BCUT2D eigenvalue weighted by Gasteiger charge is 2.22. The molecule has 1 aliphatic rings. The number of pyridine rings is 1. The van der Waals surface area contributed by atoms with E-state index in [4.69, 9.17) is 9.47 Å². The normalized spacial score (nSPS) is 19.8. The van der Waals surface area contributed by atoms with Crippen molar-refractivity contribution in [1.82, 2.24) is 4.98 Å². The van der Waals surface area contributed by atoms with Crippen molar-refractivity contribution >= 4 is 5.97 Å². The third kappa shape index (κ3) is 2.01. The summed E-state index contributed by atoms with van der Waals surface area (Å²) in [6.45, 7) is 6.01. The maximum absolute atomic E-state index is 10.9. The first-order valence-electron chi connectivity index (χ1n) is 5.37. The highest BCUT2D eigenvalue weighted by molar-refractivity contribution is 5.66. The Hall–Kier alpha value is -1.58. The molecule has 1 unspecified atom stereocenters. The van der Waals surface area contributed by atoms with Gasteiger partial charge in [-0.1, -0.05) is 6.92 Å². The van der Waals surface area contributed by atoms with Crippen LogP contribution in [0.1, 0.15) is 44.1 Å². The topological polar surface area (TPSA) is 48.4 Å². The molecule has 1 aromatic heterocycles. The van der Waals surface area contributed by atoms with E-state index in [1.54, 1.807) is 6.20 Å². The van der Waals surface area contributed by atoms with Gasteiger partial charge in [0.25, 0.3) is 0 Å². The number of hydrogen-bond acceptors (Lipinski definition) is 4. The van der Waals surface area contributed by atoms with E-state index >= 15 is 0 Å².